The van der Waals surface area contributed by atoms with Crippen molar-refractivity contribution in [3.05, 3.63) is 88.1 Å². The highest BCUT2D eigenvalue weighted by Gasteiger charge is 2.45. The second kappa shape index (κ2) is 23.2. The topological polar surface area (TPSA) is 240 Å². The number of halogens is 1. The molecule has 4 heterocycles. The zero-order chi connectivity index (χ0) is 50.1. The number of benzene rings is 3. The number of ether oxygens (including phenoxy) is 3. The lowest BCUT2D eigenvalue weighted by molar-refractivity contribution is -0.136. The van der Waals surface area contributed by atoms with E-state index in [2.05, 4.69) is 54.4 Å². The number of aromatic nitrogens is 2. The van der Waals surface area contributed by atoms with E-state index in [1.807, 2.05) is 19.9 Å². The molecule has 2 saturated heterocycles. The number of hydrogen-bond acceptors (Lipinski definition) is 16. The van der Waals surface area contributed by atoms with Gasteiger partial charge in [-0.3, -0.25) is 39.1 Å². The molecule has 7 rings (SSSR count). The molecule has 19 nitrogen and oxygen atoms in total. The van der Waals surface area contributed by atoms with Gasteiger partial charge in [-0.15, -0.1) is 0 Å². The molecule has 0 aliphatic carbocycles. The fraction of sp³-hybridized carbons (Fsp3) is 0.449. The molecule has 0 radical (unpaired) electrons. The molecule has 1 unspecified atom stereocenters. The summed E-state index contributed by atoms with van der Waals surface area (Å²) < 4.78 is 43.8. The van der Waals surface area contributed by atoms with E-state index in [-0.39, 0.29) is 70.1 Å². The summed E-state index contributed by atoms with van der Waals surface area (Å²) in [5.74, 6) is -0.951. The number of aryl methyl sites for hydroxylation is 1. The van der Waals surface area contributed by atoms with Crippen LogP contribution in [-0.2, 0) is 33.7 Å². The molecule has 0 spiro atoms. The number of para-hydroxylation sites is 1. The zero-order valence-electron chi connectivity index (χ0n) is 39.9. The smallest absolute Gasteiger partial charge is 0.264 e. The van der Waals surface area contributed by atoms with E-state index in [1.54, 1.807) is 56.3 Å². The maximum absolute atomic E-state index is 13.3. The Hall–Kier alpha value is -6.19. The van der Waals surface area contributed by atoms with E-state index in [1.165, 1.54) is 11.8 Å². The Labute approximate surface area is 412 Å². The third-order valence-corrected chi connectivity index (χ3v) is 14.6. The van der Waals surface area contributed by atoms with Crippen LogP contribution in [0.3, 0.4) is 0 Å². The van der Waals surface area contributed by atoms with Crippen molar-refractivity contribution in [2.24, 2.45) is 0 Å². The minimum atomic E-state index is -3.59. The molecule has 1 atom stereocenters. The molecule has 4 aromatic rings. The maximum atomic E-state index is 13.3. The van der Waals surface area contributed by atoms with Crippen LogP contribution < -0.4 is 31.3 Å². The molecule has 5 N–H and O–H groups in total. The van der Waals surface area contributed by atoms with Crippen LogP contribution >= 0.6 is 11.6 Å². The average molecular weight is 1000 g/mol. The van der Waals surface area contributed by atoms with Gasteiger partial charge in [-0.2, -0.15) is 4.98 Å². The maximum Gasteiger partial charge on any atom is 0.264 e. The number of fused-ring (bicyclic) bond motifs is 1. The Morgan fingerprint density at radius 3 is 2.30 bits per heavy atom. The van der Waals surface area contributed by atoms with Gasteiger partial charge in [0, 0.05) is 25.2 Å². The number of rotatable bonds is 22. The van der Waals surface area contributed by atoms with Crippen molar-refractivity contribution in [1.82, 2.24) is 30.4 Å². The van der Waals surface area contributed by atoms with Gasteiger partial charge in [0.05, 0.1) is 77.9 Å². The number of sulfone groups is 1. The number of piperidine rings is 2. The Morgan fingerprint density at radius 2 is 1.59 bits per heavy atom. The lowest BCUT2D eigenvalue weighted by Gasteiger charge is -2.32. The number of carbonyl (C=O) groups excluding carboxylic acids is 5. The molecule has 0 saturated carbocycles. The normalized spacial score (nSPS) is 16.7. The summed E-state index contributed by atoms with van der Waals surface area (Å²) in [5.41, 5.74) is 4.08. The number of likely N-dealkylation sites (tertiary alicyclic amines) is 1. The first-order valence-corrected chi connectivity index (χ1v) is 25.4. The SMILES string of the molecule is Cc1cc(Nc2ncc(Cl)c(Nc3ccccc3S(=O)(=O)C(C)C)n2)c(OC(C)C)cc1C1CCN(CC(=O)NCCOCCOCCNc2cccc3c2C(=O)N(C2CCC(=O)NC2=O)C3=O)CC1. The number of hydrogen-bond donors (Lipinski definition) is 5. The summed E-state index contributed by atoms with van der Waals surface area (Å²) >= 11 is 6.50. The van der Waals surface area contributed by atoms with Gasteiger partial charge in [0.25, 0.3) is 11.8 Å². The van der Waals surface area contributed by atoms with Gasteiger partial charge < -0.3 is 35.5 Å². The molecule has 21 heteroatoms. The zero-order valence-corrected chi connectivity index (χ0v) is 41.5. The van der Waals surface area contributed by atoms with Crippen LogP contribution in [0.2, 0.25) is 5.02 Å². The first-order valence-electron chi connectivity index (χ1n) is 23.5. The Morgan fingerprint density at radius 1 is 0.871 bits per heavy atom. The Balaban J connectivity index is 0.815. The summed E-state index contributed by atoms with van der Waals surface area (Å²) in [4.78, 5) is 75.4. The van der Waals surface area contributed by atoms with Crippen molar-refractivity contribution in [1.29, 1.82) is 0 Å². The molecule has 374 valence electrons. The van der Waals surface area contributed by atoms with Gasteiger partial charge in [0.2, 0.25) is 23.7 Å². The minimum absolute atomic E-state index is 0.0465. The van der Waals surface area contributed by atoms with Crippen LogP contribution in [0, 0.1) is 6.92 Å². The number of nitrogens with one attached hydrogen (secondary N) is 5. The molecular formula is C49H60ClN9O10S. The van der Waals surface area contributed by atoms with Crippen molar-refractivity contribution in [2.75, 3.05) is 75.1 Å². The van der Waals surface area contributed by atoms with Crippen molar-refractivity contribution in [3.63, 3.8) is 0 Å². The summed E-state index contributed by atoms with van der Waals surface area (Å²) in [5, 5.41) is 14.3. The van der Waals surface area contributed by atoms with Crippen LogP contribution in [0.5, 0.6) is 5.75 Å². The molecule has 5 amide bonds. The Kier molecular flexibility index (Phi) is 17.1. The minimum Gasteiger partial charge on any atom is -0.489 e. The number of amides is 5. The summed E-state index contributed by atoms with van der Waals surface area (Å²) in [6, 6.07) is 14.6. The summed E-state index contributed by atoms with van der Waals surface area (Å²) in [7, 11) is -3.59. The van der Waals surface area contributed by atoms with E-state index in [9.17, 15) is 32.4 Å². The van der Waals surface area contributed by atoms with Gasteiger partial charge in [-0.25, -0.2) is 13.4 Å². The van der Waals surface area contributed by atoms with Gasteiger partial charge in [0.1, 0.15) is 16.8 Å². The lowest BCUT2D eigenvalue weighted by atomic mass is 9.86. The third-order valence-electron chi connectivity index (χ3n) is 12.2. The third kappa shape index (κ3) is 12.4. The molecule has 3 aromatic carbocycles. The number of nitrogens with zero attached hydrogens (tertiary/aromatic N) is 4. The molecule has 3 aliphatic rings. The van der Waals surface area contributed by atoms with E-state index >= 15 is 0 Å². The quantitative estimate of drug-likeness (QED) is 0.0466. The van der Waals surface area contributed by atoms with Crippen molar-refractivity contribution < 1.29 is 46.6 Å². The fourth-order valence-electron chi connectivity index (χ4n) is 8.59. The molecular weight excluding hydrogens is 942 g/mol. The number of imide groups is 2. The Bertz CT molecular complexity index is 2710. The highest BCUT2D eigenvalue weighted by Crippen LogP contribution is 2.39. The van der Waals surface area contributed by atoms with Crippen LogP contribution in [0.4, 0.5) is 28.8 Å². The van der Waals surface area contributed by atoms with Crippen molar-refractivity contribution in [3.8, 4) is 5.75 Å². The monoisotopic (exact) mass is 1000 g/mol. The molecule has 1 aromatic heterocycles. The predicted octanol–water partition coefficient (Wildman–Crippen LogP) is 5.74. The first kappa shape index (κ1) is 51.7. The highest BCUT2D eigenvalue weighted by atomic mass is 35.5. The second-order valence-corrected chi connectivity index (χ2v) is 20.7. The van der Waals surface area contributed by atoms with Crippen molar-refractivity contribution >= 4 is 79.8 Å². The number of anilines is 5. The van der Waals surface area contributed by atoms with E-state index in [4.69, 9.17) is 25.8 Å². The molecule has 70 heavy (non-hydrogen) atoms. The lowest BCUT2D eigenvalue weighted by Crippen LogP contribution is -2.54. The summed E-state index contributed by atoms with van der Waals surface area (Å²) in [6.45, 7) is 12.9. The second-order valence-electron chi connectivity index (χ2n) is 17.8. The molecule has 2 fully saturated rings. The number of carbonyl (C=O) groups is 5. The largest absolute Gasteiger partial charge is 0.489 e. The predicted molar refractivity (Wildman–Crippen MR) is 264 cm³/mol. The molecule has 0 bridgehead atoms. The van der Waals surface area contributed by atoms with Crippen LogP contribution in [-0.4, -0.2) is 134 Å². The molecule has 3 aliphatic heterocycles. The van der Waals surface area contributed by atoms with Gasteiger partial charge in [0.15, 0.2) is 15.7 Å². The fourth-order valence-corrected chi connectivity index (χ4v) is 9.93. The van der Waals surface area contributed by atoms with E-state index < -0.39 is 44.8 Å². The van der Waals surface area contributed by atoms with Gasteiger partial charge in [-0.05, 0) is 120 Å². The highest BCUT2D eigenvalue weighted by molar-refractivity contribution is 7.92. The first-order chi connectivity index (χ1) is 33.5. The summed E-state index contributed by atoms with van der Waals surface area (Å²) in [6.07, 6.45) is 3.18. The van der Waals surface area contributed by atoms with Crippen LogP contribution in [0.1, 0.15) is 91.1 Å². The van der Waals surface area contributed by atoms with Crippen LogP contribution in [0.25, 0.3) is 0 Å². The average Bonchev–Trinajstić information content (AvgIpc) is 3.57. The van der Waals surface area contributed by atoms with Crippen molar-refractivity contribution in [2.45, 2.75) is 88.5 Å². The van der Waals surface area contributed by atoms with Crippen LogP contribution in [0.15, 0.2) is 65.7 Å². The van der Waals surface area contributed by atoms with E-state index in [0.717, 1.165) is 36.4 Å². The standard InChI is InChI=1S/C49H60ClN9O10S/c1-29(2)69-40-26-34(31(5)25-38(40)55-49-53-27-35(50)45(57-49)54-36-10-6-7-12-41(36)70(65,66)30(3)4)32-15-19-58(20-16-32)28-43(61)52-18-22-68-24-23-67-21-17-51-37-11-8-9-33-44(37)48(64)59(47(33)63)39-13-14-42(60)56-46(39)62/h6-12,25-27,29-30,32,39,51H,13-24,28H2,1-5H3,(H,52,61)(H,56,60,62)(H2,53,54,55,57). The van der Waals surface area contributed by atoms with Gasteiger partial charge >= 0.3 is 0 Å². The van der Waals surface area contributed by atoms with E-state index in [0.29, 0.717) is 62.3 Å². The van der Waals surface area contributed by atoms with Gasteiger partial charge in [-0.1, -0.05) is 29.8 Å².